The molecule has 0 aromatic carbocycles. The number of nitrogen functional groups attached to an aromatic ring is 1. The number of carboxylic acids is 1. The highest BCUT2D eigenvalue weighted by Gasteiger charge is 2.54. The van der Waals surface area contributed by atoms with E-state index in [1.54, 1.807) is 25.1 Å². The zero-order chi connectivity index (χ0) is 29.6. The third-order valence-corrected chi connectivity index (χ3v) is 9.34. The van der Waals surface area contributed by atoms with Crippen LogP contribution in [0.2, 0.25) is 0 Å². The van der Waals surface area contributed by atoms with E-state index in [4.69, 9.17) is 5.73 Å². The number of likely N-dealkylation sites (N-methyl/N-ethyl adjacent to an activating group) is 1. The number of carbonyl (C=O) groups excluding carboxylic acids is 4. The minimum absolute atomic E-state index is 0.0379. The predicted octanol–water partition coefficient (Wildman–Crippen LogP) is -1.38. The van der Waals surface area contributed by atoms with Crippen LogP contribution in [0.1, 0.15) is 18.5 Å². The zero-order valence-corrected chi connectivity index (χ0v) is 23.7. The molecule has 0 unspecified atom stereocenters. The maximum atomic E-state index is 13.2. The van der Waals surface area contributed by atoms with E-state index in [-0.39, 0.29) is 46.2 Å². The number of fused-ring (bicyclic) bond motifs is 1. The van der Waals surface area contributed by atoms with E-state index in [0.29, 0.717) is 37.1 Å². The Hall–Kier alpha value is -3.96. The molecule has 0 aliphatic carbocycles. The van der Waals surface area contributed by atoms with Gasteiger partial charge in [-0.1, -0.05) is 5.16 Å². The molecule has 5 rings (SSSR count). The number of thioether (sulfide) groups is 1. The van der Waals surface area contributed by atoms with Gasteiger partial charge < -0.3 is 36.5 Å². The van der Waals surface area contributed by atoms with Crippen LogP contribution in [0.5, 0.6) is 0 Å². The highest BCUT2D eigenvalue weighted by molar-refractivity contribution is 8.00. The first kappa shape index (κ1) is 28.6. The third-order valence-electron chi connectivity index (χ3n) is 7.36. The van der Waals surface area contributed by atoms with Crippen LogP contribution in [0.4, 0.5) is 5.13 Å². The molecule has 17 heteroatoms. The molecular weight excluding hydrogens is 576 g/mol. The van der Waals surface area contributed by atoms with E-state index in [9.17, 15) is 34.3 Å². The number of β-lactam (4-membered cyclic amide) rings is 1. The number of amides is 4. The van der Waals surface area contributed by atoms with Gasteiger partial charge >= 0.3 is 5.97 Å². The molecule has 41 heavy (non-hydrogen) atoms. The molecule has 15 nitrogen and oxygen atoms in total. The molecule has 0 radical (unpaired) electrons. The topological polar surface area (TPSA) is 211 Å². The van der Waals surface area contributed by atoms with Crippen LogP contribution in [-0.2, 0) is 24.0 Å². The van der Waals surface area contributed by atoms with E-state index in [0.717, 1.165) is 16.2 Å². The molecule has 1 aromatic heterocycles. The van der Waals surface area contributed by atoms with Gasteiger partial charge in [0.25, 0.3) is 11.8 Å². The first-order valence-corrected chi connectivity index (χ1v) is 14.6. The van der Waals surface area contributed by atoms with E-state index in [1.165, 1.54) is 22.0 Å². The Bertz CT molecular complexity index is 1420. The lowest BCUT2D eigenvalue weighted by Gasteiger charge is -2.49. The smallest absolute Gasteiger partial charge is 0.352 e. The minimum Gasteiger partial charge on any atom is -0.477 e. The summed E-state index contributed by atoms with van der Waals surface area (Å²) in [4.78, 5) is 71.8. The van der Waals surface area contributed by atoms with Gasteiger partial charge in [-0.25, -0.2) is 9.78 Å². The van der Waals surface area contributed by atoms with Crippen LogP contribution in [-0.4, -0.2) is 122 Å². The zero-order valence-electron chi connectivity index (χ0n) is 22.1. The van der Waals surface area contributed by atoms with Crippen molar-refractivity contribution >= 4 is 63.5 Å². The van der Waals surface area contributed by atoms with Crippen LogP contribution in [0.3, 0.4) is 0 Å². The number of nitrogens with zero attached hydrogens (tertiary/aromatic N) is 5. The summed E-state index contributed by atoms with van der Waals surface area (Å²) in [6.45, 7) is 0.930. The van der Waals surface area contributed by atoms with Crippen LogP contribution in [0.15, 0.2) is 33.5 Å². The van der Waals surface area contributed by atoms with Crippen molar-refractivity contribution in [2.75, 3.05) is 38.7 Å². The number of allylic oxidation sites excluding steroid dienone is 1. The van der Waals surface area contributed by atoms with Gasteiger partial charge in [-0.15, -0.1) is 23.1 Å². The summed E-state index contributed by atoms with van der Waals surface area (Å²) in [7, 11) is 3.36. The maximum absolute atomic E-state index is 13.2. The average molecular weight is 605 g/mol. The van der Waals surface area contributed by atoms with Crippen molar-refractivity contribution in [3.05, 3.63) is 34.0 Å². The Kier molecular flexibility index (Phi) is 7.76. The molecule has 0 saturated carbocycles. The average Bonchev–Trinajstić information content (AvgIpc) is 3.67. The van der Waals surface area contributed by atoms with Gasteiger partial charge in [0.2, 0.25) is 11.8 Å². The number of nitrogens with one attached hydrogen (secondary N) is 2. The standard InChI is InChI=1S/C24H28N8O7S2/c1-30(2)20(35)13-6-12(7-26-13)31-4-3-10(19(31)34)5-11-8-40-22-16(21(36)32(22)17(11)23(37)38)28-18(33)15(29-39)14-9-41-24(25)27-14/h5,9,12-13,16,22,26,39H,3-4,6-8H2,1-2H3,(H2,25,27)(H,28,33)(H,37,38)/t12-,13+,16+,22+/m0/s1. The quantitative estimate of drug-likeness (QED) is 0.0805. The van der Waals surface area contributed by atoms with E-state index in [2.05, 4.69) is 20.8 Å². The number of carbonyl (C=O) groups is 5. The van der Waals surface area contributed by atoms with E-state index in [1.807, 2.05) is 0 Å². The lowest BCUT2D eigenvalue weighted by Crippen LogP contribution is -2.71. The van der Waals surface area contributed by atoms with Crippen molar-refractivity contribution in [1.82, 2.24) is 30.3 Å². The highest BCUT2D eigenvalue weighted by atomic mass is 32.2. The second-order valence-electron chi connectivity index (χ2n) is 10.1. The Morgan fingerprint density at radius 2 is 2.07 bits per heavy atom. The van der Waals surface area contributed by atoms with Gasteiger partial charge in [0.15, 0.2) is 10.8 Å². The fourth-order valence-electron chi connectivity index (χ4n) is 5.35. The highest BCUT2D eigenvalue weighted by Crippen LogP contribution is 2.41. The first-order valence-electron chi connectivity index (χ1n) is 12.6. The lowest BCUT2D eigenvalue weighted by molar-refractivity contribution is -0.150. The number of carboxylic acid groups (broad SMARTS) is 1. The molecule has 3 saturated heterocycles. The lowest BCUT2D eigenvalue weighted by atomic mass is 10.0. The molecule has 4 amide bonds. The summed E-state index contributed by atoms with van der Waals surface area (Å²) in [6, 6.07) is -1.58. The van der Waals surface area contributed by atoms with Crippen LogP contribution < -0.4 is 16.4 Å². The Morgan fingerprint density at radius 1 is 1.32 bits per heavy atom. The van der Waals surface area contributed by atoms with Crippen molar-refractivity contribution < 1.29 is 34.3 Å². The number of oxime groups is 1. The van der Waals surface area contributed by atoms with Gasteiger partial charge in [0.05, 0.1) is 6.04 Å². The number of aliphatic carboxylic acids is 1. The summed E-state index contributed by atoms with van der Waals surface area (Å²) in [5.41, 5.74) is 5.70. The fourth-order valence-corrected chi connectivity index (χ4v) is 7.21. The molecule has 4 atom stereocenters. The van der Waals surface area contributed by atoms with Gasteiger partial charge in [-0.05, 0) is 24.5 Å². The first-order chi connectivity index (χ1) is 19.5. The molecule has 1 aromatic rings. The van der Waals surface area contributed by atoms with Crippen LogP contribution in [0, 0.1) is 0 Å². The molecule has 4 aliphatic rings. The second kappa shape index (κ2) is 11.1. The number of aromatic nitrogens is 1. The summed E-state index contributed by atoms with van der Waals surface area (Å²) < 4.78 is 0. The fraction of sp³-hybridized carbons (Fsp3) is 0.458. The predicted molar refractivity (Wildman–Crippen MR) is 148 cm³/mol. The maximum Gasteiger partial charge on any atom is 0.352 e. The molecule has 4 aliphatic heterocycles. The number of nitrogens with two attached hydrogens (primary N) is 1. The van der Waals surface area contributed by atoms with Crippen molar-refractivity contribution in [3.63, 3.8) is 0 Å². The van der Waals surface area contributed by atoms with E-state index >= 15 is 0 Å². The van der Waals surface area contributed by atoms with Crippen molar-refractivity contribution in [1.29, 1.82) is 0 Å². The number of hydrogen-bond donors (Lipinski definition) is 5. The summed E-state index contributed by atoms with van der Waals surface area (Å²) in [6.07, 6.45) is 2.44. The van der Waals surface area contributed by atoms with Crippen LogP contribution in [0.25, 0.3) is 0 Å². The largest absolute Gasteiger partial charge is 0.477 e. The number of rotatable bonds is 7. The normalized spacial score (nSPS) is 27.3. The molecule has 218 valence electrons. The number of anilines is 1. The molecule has 0 bridgehead atoms. The Labute approximate surface area is 242 Å². The third kappa shape index (κ3) is 5.15. The Morgan fingerprint density at radius 3 is 2.71 bits per heavy atom. The molecule has 0 spiro atoms. The molecule has 5 heterocycles. The molecule has 3 fully saturated rings. The monoisotopic (exact) mass is 604 g/mol. The Balaban J connectivity index is 1.29. The second-order valence-corrected chi connectivity index (χ2v) is 12.1. The van der Waals surface area contributed by atoms with Crippen molar-refractivity contribution in [2.45, 2.75) is 36.3 Å². The summed E-state index contributed by atoms with van der Waals surface area (Å²) >= 11 is 2.29. The van der Waals surface area contributed by atoms with Crippen molar-refractivity contribution in [2.24, 2.45) is 5.16 Å². The van der Waals surface area contributed by atoms with Crippen molar-refractivity contribution in [3.8, 4) is 0 Å². The number of likely N-dealkylation sites (tertiary alicyclic amines) is 1. The van der Waals surface area contributed by atoms with E-state index < -0.39 is 34.9 Å². The number of hydrogen-bond acceptors (Lipinski definition) is 12. The van der Waals surface area contributed by atoms with Crippen LogP contribution >= 0.6 is 23.1 Å². The SMILES string of the molecule is CN(C)C(=O)[C@H]1C[C@H](N2CCC(=CC3=C(C(=O)O)N4C(=O)[C@@H](NC(=O)C(=NO)c5csc(N)n5)[C@H]4SC3)C2=O)CN1. The van der Waals surface area contributed by atoms with Gasteiger partial charge in [0, 0.05) is 49.9 Å². The van der Waals surface area contributed by atoms with Gasteiger partial charge in [-0.2, -0.15) is 0 Å². The van der Waals surface area contributed by atoms with Gasteiger partial charge in [0.1, 0.15) is 22.8 Å². The number of thiazole rings is 1. The summed E-state index contributed by atoms with van der Waals surface area (Å²) in [5.74, 6) is -2.93. The summed E-state index contributed by atoms with van der Waals surface area (Å²) in [5, 5.41) is 28.8. The molecular formula is C24H28N8O7S2. The van der Waals surface area contributed by atoms with Gasteiger partial charge in [-0.3, -0.25) is 24.1 Å². The minimum atomic E-state index is -1.33. The molecule has 6 N–H and O–H groups in total.